The summed E-state index contributed by atoms with van der Waals surface area (Å²) in [5, 5.41) is 2.92. The van der Waals surface area contributed by atoms with Crippen LogP contribution in [0.2, 0.25) is 0 Å². The second-order valence-corrected chi connectivity index (χ2v) is 6.28. The number of carbonyl (C=O) groups is 1. The number of rotatable bonds is 5. The van der Waals surface area contributed by atoms with Crippen LogP contribution in [-0.2, 0) is 6.42 Å². The van der Waals surface area contributed by atoms with Gasteiger partial charge in [0.2, 0.25) is 0 Å². The Morgan fingerprint density at radius 2 is 2.00 bits per heavy atom. The molecule has 0 aliphatic carbocycles. The van der Waals surface area contributed by atoms with Crippen molar-refractivity contribution in [2.24, 2.45) is 0 Å². The van der Waals surface area contributed by atoms with Crippen LogP contribution in [0, 0.1) is 0 Å². The van der Waals surface area contributed by atoms with Crippen LogP contribution in [0.5, 0.6) is 5.75 Å². The third kappa shape index (κ3) is 4.01. The molecule has 1 aromatic rings. The summed E-state index contributed by atoms with van der Waals surface area (Å²) in [5.41, 5.74) is 1.92. The van der Waals surface area contributed by atoms with Gasteiger partial charge in [0.1, 0.15) is 5.75 Å². The number of hydrogen-bond donors (Lipinski definition) is 1. The molecule has 2 heterocycles. The largest absolute Gasteiger partial charge is 0.494 e. The molecule has 1 amide bonds. The van der Waals surface area contributed by atoms with Crippen molar-refractivity contribution >= 4 is 5.91 Å². The number of likely N-dealkylation sites (tertiary alicyclic amines) is 1. The second kappa shape index (κ2) is 7.63. The van der Waals surface area contributed by atoms with E-state index in [4.69, 9.17) is 4.74 Å². The summed E-state index contributed by atoms with van der Waals surface area (Å²) in [6.07, 6.45) is 7.07. The van der Waals surface area contributed by atoms with Crippen molar-refractivity contribution in [1.82, 2.24) is 10.2 Å². The number of fused-ring (bicyclic) bond motifs is 1. The van der Waals surface area contributed by atoms with E-state index in [1.165, 1.54) is 32.4 Å². The molecule has 0 unspecified atom stereocenters. The van der Waals surface area contributed by atoms with E-state index in [1.807, 2.05) is 18.2 Å². The summed E-state index contributed by atoms with van der Waals surface area (Å²) >= 11 is 0. The maximum atomic E-state index is 11.9. The van der Waals surface area contributed by atoms with Crippen molar-refractivity contribution in [3.63, 3.8) is 0 Å². The van der Waals surface area contributed by atoms with E-state index in [1.54, 1.807) is 0 Å². The first-order chi connectivity index (χ1) is 10.8. The third-order valence-corrected chi connectivity index (χ3v) is 4.57. The van der Waals surface area contributed by atoms with Crippen molar-refractivity contribution in [1.29, 1.82) is 0 Å². The van der Waals surface area contributed by atoms with Gasteiger partial charge in [0.15, 0.2) is 0 Å². The van der Waals surface area contributed by atoms with Crippen molar-refractivity contribution in [3.05, 3.63) is 29.3 Å². The number of nitrogens with one attached hydrogen (secondary N) is 1. The first kappa shape index (κ1) is 15.3. The van der Waals surface area contributed by atoms with Gasteiger partial charge in [0.25, 0.3) is 5.91 Å². The quantitative estimate of drug-likeness (QED) is 0.850. The van der Waals surface area contributed by atoms with Crippen LogP contribution in [0.25, 0.3) is 0 Å². The molecule has 22 heavy (non-hydrogen) atoms. The molecule has 0 spiro atoms. The molecule has 120 valence electrons. The molecule has 1 saturated heterocycles. The van der Waals surface area contributed by atoms with Crippen LogP contribution in [0.3, 0.4) is 0 Å². The highest BCUT2D eigenvalue weighted by Gasteiger charge is 2.15. The molecule has 1 aromatic carbocycles. The van der Waals surface area contributed by atoms with Crippen molar-refractivity contribution in [2.75, 3.05) is 32.8 Å². The summed E-state index contributed by atoms with van der Waals surface area (Å²) in [7, 11) is 0. The van der Waals surface area contributed by atoms with Gasteiger partial charge in [0.05, 0.1) is 6.61 Å². The molecule has 1 fully saturated rings. The second-order valence-electron chi connectivity index (χ2n) is 6.28. The Morgan fingerprint density at radius 3 is 2.86 bits per heavy atom. The van der Waals surface area contributed by atoms with E-state index in [-0.39, 0.29) is 5.91 Å². The Morgan fingerprint density at radius 1 is 1.14 bits per heavy atom. The van der Waals surface area contributed by atoms with Crippen LogP contribution >= 0.6 is 0 Å². The predicted octanol–water partition coefficient (Wildman–Crippen LogP) is 2.62. The number of carbonyl (C=O) groups excluding carboxylic acids is 1. The Hall–Kier alpha value is -1.55. The van der Waals surface area contributed by atoms with Gasteiger partial charge in [-0.15, -0.1) is 0 Å². The van der Waals surface area contributed by atoms with Gasteiger partial charge in [-0.25, -0.2) is 0 Å². The van der Waals surface area contributed by atoms with Crippen LogP contribution < -0.4 is 10.1 Å². The lowest BCUT2D eigenvalue weighted by Gasteiger charge is -2.26. The SMILES string of the molecule is O=C1NCCCc2cc(OCCCN3CCCCC3)ccc21. The molecule has 1 N–H and O–H groups in total. The average molecular weight is 302 g/mol. The highest BCUT2D eigenvalue weighted by molar-refractivity contribution is 5.96. The van der Waals surface area contributed by atoms with Crippen molar-refractivity contribution < 1.29 is 9.53 Å². The molecule has 0 bridgehead atoms. The minimum Gasteiger partial charge on any atom is -0.494 e. The molecule has 3 rings (SSSR count). The lowest BCUT2D eigenvalue weighted by molar-refractivity contribution is 0.0956. The van der Waals surface area contributed by atoms with E-state index >= 15 is 0 Å². The Labute approximate surface area is 132 Å². The van der Waals surface area contributed by atoms with Gasteiger partial charge in [0, 0.05) is 18.7 Å². The van der Waals surface area contributed by atoms with Gasteiger partial charge < -0.3 is 15.0 Å². The highest BCUT2D eigenvalue weighted by atomic mass is 16.5. The molecule has 0 atom stereocenters. The van der Waals surface area contributed by atoms with Crippen LogP contribution in [-0.4, -0.2) is 43.6 Å². The Balaban J connectivity index is 1.48. The van der Waals surface area contributed by atoms with E-state index in [9.17, 15) is 4.79 Å². The number of ether oxygens (including phenoxy) is 1. The molecule has 0 radical (unpaired) electrons. The fourth-order valence-corrected chi connectivity index (χ4v) is 3.33. The summed E-state index contributed by atoms with van der Waals surface area (Å²) in [6, 6.07) is 5.86. The third-order valence-electron chi connectivity index (χ3n) is 4.57. The topological polar surface area (TPSA) is 41.6 Å². The fraction of sp³-hybridized carbons (Fsp3) is 0.611. The van der Waals surface area contributed by atoms with Crippen LogP contribution in [0.1, 0.15) is 48.0 Å². The lowest BCUT2D eigenvalue weighted by atomic mass is 10.0. The van der Waals surface area contributed by atoms with Crippen molar-refractivity contribution in [3.8, 4) is 5.75 Å². The molecule has 4 nitrogen and oxygen atoms in total. The standard InChI is InChI=1S/C18H26N2O2/c21-18-17-8-7-16(14-15(17)6-4-9-19-18)22-13-5-12-20-10-2-1-3-11-20/h7-8,14H,1-6,9-13H2,(H,19,21). The molecule has 2 aliphatic heterocycles. The fourth-order valence-electron chi connectivity index (χ4n) is 3.33. The van der Waals surface area contributed by atoms with E-state index in [0.717, 1.165) is 55.8 Å². The summed E-state index contributed by atoms with van der Waals surface area (Å²) in [4.78, 5) is 14.4. The highest BCUT2D eigenvalue weighted by Crippen LogP contribution is 2.21. The molecule has 4 heteroatoms. The number of piperidine rings is 1. The zero-order chi connectivity index (χ0) is 15.2. The van der Waals surface area contributed by atoms with Gasteiger partial charge in [-0.1, -0.05) is 6.42 Å². The molecule has 0 saturated carbocycles. The maximum Gasteiger partial charge on any atom is 0.251 e. The maximum absolute atomic E-state index is 11.9. The average Bonchev–Trinajstić information content (AvgIpc) is 2.74. The van der Waals surface area contributed by atoms with Gasteiger partial charge >= 0.3 is 0 Å². The summed E-state index contributed by atoms with van der Waals surface area (Å²) in [5.74, 6) is 0.941. The first-order valence-electron chi connectivity index (χ1n) is 8.59. The Bertz CT molecular complexity index is 510. The first-order valence-corrected chi connectivity index (χ1v) is 8.59. The normalized spacial score (nSPS) is 19.2. The molecule has 0 aromatic heterocycles. The van der Waals surface area contributed by atoms with Gasteiger partial charge in [-0.3, -0.25) is 4.79 Å². The number of amides is 1. The van der Waals surface area contributed by atoms with E-state index in [0.29, 0.717) is 0 Å². The van der Waals surface area contributed by atoms with Crippen LogP contribution in [0.15, 0.2) is 18.2 Å². The zero-order valence-electron chi connectivity index (χ0n) is 13.3. The summed E-state index contributed by atoms with van der Waals surface area (Å²) in [6.45, 7) is 5.14. The molecule has 2 aliphatic rings. The molecular formula is C18H26N2O2. The number of nitrogens with zero attached hydrogens (tertiary/aromatic N) is 1. The Kier molecular flexibility index (Phi) is 5.33. The van der Waals surface area contributed by atoms with Crippen LogP contribution in [0.4, 0.5) is 0 Å². The smallest absolute Gasteiger partial charge is 0.251 e. The monoisotopic (exact) mass is 302 g/mol. The number of benzene rings is 1. The van der Waals surface area contributed by atoms with E-state index in [2.05, 4.69) is 10.2 Å². The number of hydrogen-bond acceptors (Lipinski definition) is 3. The lowest BCUT2D eigenvalue weighted by Crippen LogP contribution is -2.31. The number of aryl methyl sites for hydroxylation is 1. The van der Waals surface area contributed by atoms with Gasteiger partial charge in [-0.05, 0) is 69.0 Å². The van der Waals surface area contributed by atoms with E-state index < -0.39 is 0 Å². The zero-order valence-corrected chi connectivity index (χ0v) is 13.3. The van der Waals surface area contributed by atoms with Crippen molar-refractivity contribution in [2.45, 2.75) is 38.5 Å². The summed E-state index contributed by atoms with van der Waals surface area (Å²) < 4.78 is 5.88. The predicted molar refractivity (Wildman–Crippen MR) is 87.5 cm³/mol. The minimum absolute atomic E-state index is 0.0455. The molecular weight excluding hydrogens is 276 g/mol. The van der Waals surface area contributed by atoms with Gasteiger partial charge in [-0.2, -0.15) is 0 Å². The minimum atomic E-state index is 0.0455.